The van der Waals surface area contributed by atoms with Crippen LogP contribution in [0.15, 0.2) is 18.2 Å². The van der Waals surface area contributed by atoms with Gasteiger partial charge in [0, 0.05) is 25.3 Å². The molecule has 2 fully saturated rings. The third-order valence-electron chi connectivity index (χ3n) is 5.47. The summed E-state index contributed by atoms with van der Waals surface area (Å²) in [6, 6.07) is 4.65. The van der Waals surface area contributed by atoms with Crippen molar-refractivity contribution in [3.63, 3.8) is 0 Å². The van der Waals surface area contributed by atoms with Crippen LogP contribution in [-0.2, 0) is 4.74 Å². The molecule has 2 saturated carbocycles. The lowest BCUT2D eigenvalue weighted by atomic mass is 9.92. The van der Waals surface area contributed by atoms with E-state index in [9.17, 15) is 9.90 Å². The summed E-state index contributed by atoms with van der Waals surface area (Å²) in [6.07, 6.45) is 6.56. The Labute approximate surface area is 143 Å². The number of phenolic OH excluding ortho intramolecular Hbond substituents is 1. The summed E-state index contributed by atoms with van der Waals surface area (Å²) in [5.41, 5.74) is 0.434. The Bertz CT molecular complexity index is 574. The van der Waals surface area contributed by atoms with Crippen LogP contribution in [0.4, 0.5) is 0 Å². The minimum Gasteiger partial charge on any atom is -0.508 e. The molecule has 2 aliphatic rings. The van der Waals surface area contributed by atoms with E-state index in [2.05, 4.69) is 5.32 Å². The Morgan fingerprint density at radius 2 is 2.08 bits per heavy atom. The van der Waals surface area contributed by atoms with Gasteiger partial charge in [0.2, 0.25) is 0 Å². The van der Waals surface area contributed by atoms with Gasteiger partial charge in [0.05, 0.1) is 6.61 Å². The molecular weight excluding hydrogens is 306 g/mol. The standard InChI is InChI=1S/C19H27NO4/c1-23-7-8-24-17-10-15(9-16(21)11-17)19(22)20-12-14-6-5-13-3-2-4-18(13)14/h9-11,13-14,18,21H,2-8,12H2,1H3,(H,20,22)/t13-,14+,18-/m0/s1. The van der Waals surface area contributed by atoms with Crippen LogP contribution >= 0.6 is 0 Å². The summed E-state index contributed by atoms with van der Waals surface area (Å²) in [7, 11) is 1.60. The average Bonchev–Trinajstić information content (AvgIpc) is 3.16. The van der Waals surface area contributed by atoms with E-state index in [1.54, 1.807) is 13.2 Å². The number of carbonyl (C=O) groups is 1. The monoisotopic (exact) mass is 333 g/mol. The van der Waals surface area contributed by atoms with Crippen molar-refractivity contribution in [2.45, 2.75) is 32.1 Å². The number of hydrogen-bond acceptors (Lipinski definition) is 4. The molecule has 5 heteroatoms. The highest BCUT2D eigenvalue weighted by Gasteiger charge is 2.38. The van der Waals surface area contributed by atoms with Gasteiger partial charge >= 0.3 is 0 Å². The molecule has 132 valence electrons. The Kier molecular flexibility index (Phi) is 5.61. The summed E-state index contributed by atoms with van der Waals surface area (Å²) in [6.45, 7) is 1.57. The zero-order valence-electron chi connectivity index (χ0n) is 14.3. The van der Waals surface area contributed by atoms with Crippen molar-refractivity contribution in [1.82, 2.24) is 5.32 Å². The first kappa shape index (κ1) is 17.1. The van der Waals surface area contributed by atoms with Crippen molar-refractivity contribution in [1.29, 1.82) is 0 Å². The lowest BCUT2D eigenvalue weighted by molar-refractivity contribution is 0.0942. The number of fused-ring (bicyclic) bond motifs is 1. The van der Waals surface area contributed by atoms with E-state index < -0.39 is 0 Å². The highest BCUT2D eigenvalue weighted by molar-refractivity contribution is 5.95. The van der Waals surface area contributed by atoms with Crippen LogP contribution in [-0.4, -0.2) is 37.9 Å². The van der Waals surface area contributed by atoms with E-state index in [1.807, 2.05) is 0 Å². The van der Waals surface area contributed by atoms with E-state index in [0.29, 0.717) is 30.4 Å². The van der Waals surface area contributed by atoms with Gasteiger partial charge in [-0.3, -0.25) is 4.79 Å². The largest absolute Gasteiger partial charge is 0.508 e. The smallest absolute Gasteiger partial charge is 0.251 e. The van der Waals surface area contributed by atoms with E-state index in [0.717, 1.165) is 18.4 Å². The highest BCUT2D eigenvalue weighted by atomic mass is 16.5. The first-order chi connectivity index (χ1) is 11.7. The van der Waals surface area contributed by atoms with Crippen LogP contribution in [0.3, 0.4) is 0 Å². The van der Waals surface area contributed by atoms with Crippen molar-refractivity contribution in [2.24, 2.45) is 17.8 Å². The van der Waals surface area contributed by atoms with Gasteiger partial charge in [-0.15, -0.1) is 0 Å². The lowest BCUT2D eigenvalue weighted by Gasteiger charge is -2.19. The third kappa shape index (κ3) is 4.01. The van der Waals surface area contributed by atoms with E-state index in [-0.39, 0.29) is 11.7 Å². The predicted octanol–water partition coefficient (Wildman–Crippen LogP) is 2.97. The molecule has 2 N–H and O–H groups in total. The van der Waals surface area contributed by atoms with Crippen LogP contribution in [0, 0.1) is 17.8 Å². The van der Waals surface area contributed by atoms with Crippen LogP contribution in [0.1, 0.15) is 42.5 Å². The molecule has 0 spiro atoms. The first-order valence-electron chi connectivity index (χ1n) is 8.91. The molecule has 0 radical (unpaired) electrons. The van der Waals surface area contributed by atoms with Crippen LogP contribution in [0.2, 0.25) is 0 Å². The van der Waals surface area contributed by atoms with Gasteiger partial charge in [-0.05, 0) is 49.1 Å². The van der Waals surface area contributed by atoms with Crippen LogP contribution in [0.25, 0.3) is 0 Å². The fourth-order valence-electron chi connectivity index (χ4n) is 4.31. The van der Waals surface area contributed by atoms with Gasteiger partial charge in [0.15, 0.2) is 0 Å². The second-order valence-corrected chi connectivity index (χ2v) is 6.96. The molecule has 1 amide bonds. The average molecular weight is 333 g/mol. The number of nitrogens with one attached hydrogen (secondary N) is 1. The maximum absolute atomic E-state index is 12.4. The van der Waals surface area contributed by atoms with Gasteiger partial charge in [0.25, 0.3) is 5.91 Å². The second kappa shape index (κ2) is 7.88. The lowest BCUT2D eigenvalue weighted by Crippen LogP contribution is -2.31. The Hall–Kier alpha value is -1.75. The quantitative estimate of drug-likeness (QED) is 0.753. The second-order valence-electron chi connectivity index (χ2n) is 6.96. The summed E-state index contributed by atoms with van der Waals surface area (Å²) >= 11 is 0. The zero-order chi connectivity index (χ0) is 16.9. The number of phenols is 1. The summed E-state index contributed by atoms with van der Waals surface area (Å²) < 4.78 is 10.4. The zero-order valence-corrected chi connectivity index (χ0v) is 14.3. The summed E-state index contributed by atoms with van der Waals surface area (Å²) in [5.74, 6) is 2.65. The molecular formula is C19H27NO4. The number of aromatic hydroxyl groups is 1. The highest BCUT2D eigenvalue weighted by Crippen LogP contribution is 2.47. The molecule has 1 aromatic rings. The van der Waals surface area contributed by atoms with Crippen molar-refractivity contribution in [3.05, 3.63) is 23.8 Å². The van der Waals surface area contributed by atoms with Gasteiger partial charge in [-0.1, -0.05) is 12.8 Å². The van der Waals surface area contributed by atoms with Crippen LogP contribution < -0.4 is 10.1 Å². The molecule has 2 aliphatic carbocycles. The number of hydrogen-bond donors (Lipinski definition) is 2. The fraction of sp³-hybridized carbons (Fsp3) is 0.632. The van der Waals surface area contributed by atoms with E-state index in [4.69, 9.17) is 9.47 Å². The number of rotatable bonds is 7. The Morgan fingerprint density at radius 3 is 2.92 bits per heavy atom. The number of ether oxygens (including phenoxy) is 2. The Balaban J connectivity index is 1.56. The van der Waals surface area contributed by atoms with Crippen molar-refractivity contribution < 1.29 is 19.4 Å². The minimum absolute atomic E-state index is 0.0341. The summed E-state index contributed by atoms with van der Waals surface area (Å²) in [5, 5.41) is 12.9. The van der Waals surface area contributed by atoms with Crippen molar-refractivity contribution >= 4 is 5.91 Å². The topological polar surface area (TPSA) is 67.8 Å². The maximum Gasteiger partial charge on any atom is 0.251 e. The molecule has 1 aromatic carbocycles. The maximum atomic E-state index is 12.4. The summed E-state index contributed by atoms with van der Waals surface area (Å²) in [4.78, 5) is 12.4. The van der Waals surface area contributed by atoms with Gasteiger partial charge in [-0.25, -0.2) is 0 Å². The number of amides is 1. The van der Waals surface area contributed by atoms with E-state index in [1.165, 1.54) is 44.2 Å². The molecule has 24 heavy (non-hydrogen) atoms. The van der Waals surface area contributed by atoms with Crippen LogP contribution in [0.5, 0.6) is 11.5 Å². The van der Waals surface area contributed by atoms with Gasteiger partial charge in [0.1, 0.15) is 18.1 Å². The van der Waals surface area contributed by atoms with Gasteiger partial charge in [-0.2, -0.15) is 0 Å². The normalized spacial score (nSPS) is 25.5. The van der Waals surface area contributed by atoms with Gasteiger partial charge < -0.3 is 19.9 Å². The fourth-order valence-corrected chi connectivity index (χ4v) is 4.31. The third-order valence-corrected chi connectivity index (χ3v) is 5.47. The molecule has 0 aromatic heterocycles. The molecule has 3 atom stereocenters. The molecule has 3 rings (SSSR count). The molecule has 0 heterocycles. The molecule has 0 aliphatic heterocycles. The van der Waals surface area contributed by atoms with Crippen molar-refractivity contribution in [2.75, 3.05) is 26.9 Å². The SMILES string of the molecule is COCCOc1cc(O)cc(C(=O)NC[C@H]2CC[C@@H]3CCC[C@@H]32)c1. The number of carbonyl (C=O) groups excluding carboxylic acids is 1. The molecule has 5 nitrogen and oxygen atoms in total. The molecule has 0 saturated heterocycles. The number of benzene rings is 1. The van der Waals surface area contributed by atoms with Crippen molar-refractivity contribution in [3.8, 4) is 11.5 Å². The predicted molar refractivity (Wildman–Crippen MR) is 91.4 cm³/mol. The molecule has 0 bridgehead atoms. The number of methoxy groups -OCH3 is 1. The van der Waals surface area contributed by atoms with E-state index >= 15 is 0 Å². The Morgan fingerprint density at radius 1 is 1.21 bits per heavy atom. The first-order valence-corrected chi connectivity index (χ1v) is 8.91. The molecule has 0 unspecified atom stereocenters. The minimum atomic E-state index is -0.149.